The van der Waals surface area contributed by atoms with Crippen LogP contribution in [0.2, 0.25) is 0 Å². The van der Waals surface area contributed by atoms with Gasteiger partial charge < -0.3 is 4.98 Å². The highest BCUT2D eigenvalue weighted by atomic mass is 35.5. The SMILES string of the molecule is CN(Cc1nc2ccsc2c(=O)[nH]1)S(=O)(=O)CCl. The smallest absolute Gasteiger partial charge is 0.268 e. The first-order chi connectivity index (χ1) is 8.44. The number of nitrogens with zero attached hydrogens (tertiary/aromatic N) is 2. The molecule has 0 radical (unpaired) electrons. The summed E-state index contributed by atoms with van der Waals surface area (Å²) in [5, 5.41) is 1.25. The van der Waals surface area contributed by atoms with E-state index >= 15 is 0 Å². The van der Waals surface area contributed by atoms with Gasteiger partial charge in [0.2, 0.25) is 10.0 Å². The molecule has 2 rings (SSSR count). The number of nitrogens with one attached hydrogen (secondary N) is 1. The van der Waals surface area contributed by atoms with Gasteiger partial charge in [0.25, 0.3) is 5.56 Å². The molecule has 2 aromatic heterocycles. The summed E-state index contributed by atoms with van der Waals surface area (Å²) in [7, 11) is -2.13. The van der Waals surface area contributed by atoms with Crippen LogP contribution in [-0.2, 0) is 16.6 Å². The number of halogens is 1. The predicted octanol–water partition coefficient (Wildman–Crippen LogP) is 0.942. The summed E-state index contributed by atoms with van der Waals surface area (Å²) in [6.07, 6.45) is 0. The van der Waals surface area contributed by atoms with Crippen LogP contribution in [-0.4, -0.2) is 35.0 Å². The summed E-state index contributed by atoms with van der Waals surface area (Å²) >= 11 is 6.64. The van der Waals surface area contributed by atoms with Crippen LogP contribution in [0.4, 0.5) is 0 Å². The van der Waals surface area contributed by atoms with Crippen LogP contribution >= 0.6 is 22.9 Å². The molecule has 0 saturated carbocycles. The Kier molecular flexibility index (Phi) is 3.71. The van der Waals surface area contributed by atoms with Crippen molar-refractivity contribution in [3.63, 3.8) is 0 Å². The van der Waals surface area contributed by atoms with E-state index in [1.807, 2.05) is 0 Å². The highest BCUT2D eigenvalue weighted by Crippen LogP contribution is 2.14. The Morgan fingerprint density at radius 2 is 2.28 bits per heavy atom. The van der Waals surface area contributed by atoms with Gasteiger partial charge in [0, 0.05) is 7.05 Å². The summed E-state index contributed by atoms with van der Waals surface area (Å²) in [6, 6.07) is 1.72. The number of thiophene rings is 1. The quantitative estimate of drug-likeness (QED) is 0.852. The third-order valence-electron chi connectivity index (χ3n) is 2.35. The number of rotatable bonds is 4. The van der Waals surface area contributed by atoms with Crippen molar-refractivity contribution in [2.75, 3.05) is 12.3 Å². The molecule has 0 aliphatic heterocycles. The van der Waals surface area contributed by atoms with E-state index < -0.39 is 15.2 Å². The van der Waals surface area contributed by atoms with Gasteiger partial charge in [-0.25, -0.2) is 13.4 Å². The Labute approximate surface area is 112 Å². The molecule has 6 nitrogen and oxygen atoms in total. The van der Waals surface area contributed by atoms with Crippen molar-refractivity contribution in [3.05, 3.63) is 27.6 Å². The fourth-order valence-corrected chi connectivity index (χ4v) is 3.10. The number of sulfonamides is 1. The molecule has 0 saturated heterocycles. The summed E-state index contributed by atoms with van der Waals surface area (Å²) < 4.78 is 24.5. The van der Waals surface area contributed by atoms with E-state index in [4.69, 9.17) is 11.6 Å². The van der Waals surface area contributed by atoms with Gasteiger partial charge in [-0.3, -0.25) is 4.79 Å². The topological polar surface area (TPSA) is 83.1 Å². The fourth-order valence-electron chi connectivity index (χ4n) is 1.39. The van der Waals surface area contributed by atoms with Crippen molar-refractivity contribution in [3.8, 4) is 0 Å². The third-order valence-corrected chi connectivity index (χ3v) is 5.43. The van der Waals surface area contributed by atoms with Gasteiger partial charge >= 0.3 is 0 Å². The van der Waals surface area contributed by atoms with Gasteiger partial charge in [0.1, 0.15) is 15.7 Å². The largest absolute Gasteiger partial charge is 0.308 e. The van der Waals surface area contributed by atoms with Crippen LogP contribution in [0.3, 0.4) is 0 Å². The minimum atomic E-state index is -3.51. The zero-order valence-corrected chi connectivity index (χ0v) is 11.8. The second-order valence-corrected chi connectivity index (χ2v) is 7.20. The van der Waals surface area contributed by atoms with Crippen LogP contribution in [0.5, 0.6) is 0 Å². The molecule has 0 aliphatic rings. The Morgan fingerprint density at radius 3 is 2.94 bits per heavy atom. The average molecular weight is 308 g/mol. The highest BCUT2D eigenvalue weighted by Gasteiger charge is 2.18. The number of aromatic nitrogens is 2. The first-order valence-corrected chi connectivity index (χ1v) is 7.93. The van der Waals surface area contributed by atoms with Crippen molar-refractivity contribution >= 4 is 43.2 Å². The van der Waals surface area contributed by atoms with E-state index in [0.29, 0.717) is 16.0 Å². The minimum absolute atomic E-state index is 0.0178. The van der Waals surface area contributed by atoms with E-state index in [-0.39, 0.29) is 12.1 Å². The lowest BCUT2D eigenvalue weighted by Gasteiger charge is -2.14. The van der Waals surface area contributed by atoms with Crippen LogP contribution in [0.15, 0.2) is 16.2 Å². The molecule has 0 unspecified atom stereocenters. The molecule has 1 N–H and O–H groups in total. The van der Waals surface area contributed by atoms with Crippen molar-refractivity contribution in [1.29, 1.82) is 0 Å². The standard InChI is InChI=1S/C9H10ClN3O3S2/c1-13(18(15,16)5-10)4-7-11-6-2-3-17-8(6)9(14)12-7/h2-3H,4-5H2,1H3,(H,11,12,14). The van der Waals surface area contributed by atoms with Crippen LogP contribution < -0.4 is 5.56 Å². The summed E-state index contributed by atoms with van der Waals surface area (Å²) in [6.45, 7) is -0.0178. The lowest BCUT2D eigenvalue weighted by Crippen LogP contribution is -2.29. The predicted molar refractivity (Wildman–Crippen MR) is 71.3 cm³/mol. The molecule has 0 spiro atoms. The molecule has 98 valence electrons. The van der Waals surface area contributed by atoms with E-state index in [1.165, 1.54) is 18.4 Å². The van der Waals surface area contributed by atoms with Crippen LogP contribution in [0.1, 0.15) is 5.82 Å². The molecular weight excluding hydrogens is 298 g/mol. The zero-order valence-electron chi connectivity index (χ0n) is 9.38. The van der Waals surface area contributed by atoms with E-state index in [2.05, 4.69) is 9.97 Å². The number of alkyl halides is 1. The minimum Gasteiger partial charge on any atom is -0.308 e. The summed E-state index contributed by atoms with van der Waals surface area (Å²) in [5.41, 5.74) is 0.303. The third kappa shape index (κ3) is 2.56. The summed E-state index contributed by atoms with van der Waals surface area (Å²) in [5.74, 6) is 0.294. The van der Waals surface area contributed by atoms with E-state index in [0.717, 1.165) is 4.31 Å². The first-order valence-electron chi connectivity index (χ1n) is 4.90. The van der Waals surface area contributed by atoms with Crippen molar-refractivity contribution in [2.45, 2.75) is 6.54 Å². The van der Waals surface area contributed by atoms with Gasteiger partial charge in [-0.05, 0) is 11.4 Å². The number of hydrogen-bond donors (Lipinski definition) is 1. The van der Waals surface area contributed by atoms with E-state index in [1.54, 1.807) is 11.4 Å². The van der Waals surface area contributed by atoms with Gasteiger partial charge in [-0.15, -0.1) is 22.9 Å². The molecule has 0 aromatic carbocycles. The second-order valence-electron chi connectivity index (χ2n) is 3.62. The summed E-state index contributed by atoms with van der Waals surface area (Å²) in [4.78, 5) is 18.4. The lowest BCUT2D eigenvalue weighted by atomic mass is 10.4. The molecule has 0 atom stereocenters. The Morgan fingerprint density at radius 1 is 1.56 bits per heavy atom. The van der Waals surface area contributed by atoms with Crippen molar-refractivity contribution in [2.24, 2.45) is 0 Å². The number of aromatic amines is 1. The van der Waals surface area contributed by atoms with E-state index in [9.17, 15) is 13.2 Å². The molecule has 18 heavy (non-hydrogen) atoms. The lowest BCUT2D eigenvalue weighted by molar-refractivity contribution is 0.460. The molecule has 0 aliphatic carbocycles. The van der Waals surface area contributed by atoms with Crippen LogP contribution in [0, 0.1) is 0 Å². The van der Waals surface area contributed by atoms with Gasteiger partial charge in [-0.1, -0.05) is 0 Å². The fraction of sp³-hybridized carbons (Fsp3) is 0.333. The van der Waals surface area contributed by atoms with Crippen molar-refractivity contribution < 1.29 is 8.42 Å². The van der Waals surface area contributed by atoms with Crippen LogP contribution in [0.25, 0.3) is 10.2 Å². The number of hydrogen-bond acceptors (Lipinski definition) is 5. The average Bonchev–Trinajstić information content (AvgIpc) is 2.77. The first kappa shape index (κ1) is 13.5. The van der Waals surface area contributed by atoms with Gasteiger partial charge in [0.05, 0.1) is 12.1 Å². The molecule has 0 amide bonds. The van der Waals surface area contributed by atoms with Gasteiger partial charge in [-0.2, -0.15) is 4.31 Å². The molecule has 2 aromatic rings. The Hall–Kier alpha value is -0.960. The number of H-pyrrole nitrogens is 1. The maximum atomic E-state index is 11.7. The number of fused-ring (bicyclic) bond motifs is 1. The second kappa shape index (κ2) is 4.96. The maximum Gasteiger partial charge on any atom is 0.268 e. The molecule has 2 heterocycles. The normalized spacial score (nSPS) is 12.4. The Balaban J connectivity index is 2.35. The highest BCUT2D eigenvalue weighted by molar-refractivity contribution is 7.90. The van der Waals surface area contributed by atoms with Gasteiger partial charge in [0.15, 0.2) is 0 Å². The monoisotopic (exact) mass is 307 g/mol. The molecule has 0 bridgehead atoms. The maximum absolute atomic E-state index is 11.7. The Bertz CT molecular complexity index is 722. The zero-order chi connectivity index (χ0) is 13.3. The molecular formula is C9H10ClN3O3S2. The molecule has 0 fully saturated rings. The molecule has 9 heteroatoms. The van der Waals surface area contributed by atoms with Crippen molar-refractivity contribution in [1.82, 2.24) is 14.3 Å².